The van der Waals surface area contributed by atoms with Gasteiger partial charge in [-0.25, -0.2) is 4.39 Å². The summed E-state index contributed by atoms with van der Waals surface area (Å²) in [7, 11) is 0. The minimum atomic E-state index is -0.275. The van der Waals surface area contributed by atoms with E-state index in [1.165, 1.54) is 12.1 Å². The Bertz CT molecular complexity index is 675. The second-order valence-corrected chi connectivity index (χ2v) is 7.90. The smallest absolute Gasteiger partial charge is 0.230 e. The third kappa shape index (κ3) is 4.15. The predicted octanol–water partition coefficient (Wildman–Crippen LogP) is 2.42. The van der Waals surface area contributed by atoms with Crippen LogP contribution in [0.5, 0.6) is 0 Å². The molecule has 4 rings (SSSR count). The van der Waals surface area contributed by atoms with E-state index in [0.717, 1.165) is 31.2 Å². The molecule has 2 heterocycles. The van der Waals surface area contributed by atoms with Gasteiger partial charge in [0.25, 0.3) is 0 Å². The number of rotatable bonds is 4. The first-order valence-corrected chi connectivity index (χ1v) is 10.0. The summed E-state index contributed by atoms with van der Waals surface area (Å²) in [4.78, 5) is 29.6. The lowest BCUT2D eigenvalue weighted by atomic mass is 9.90. The Balaban J connectivity index is 1.37. The van der Waals surface area contributed by atoms with Crippen LogP contribution in [0.25, 0.3) is 0 Å². The molecule has 27 heavy (non-hydrogen) atoms. The molecule has 2 aliphatic heterocycles. The van der Waals surface area contributed by atoms with Crippen molar-refractivity contribution in [3.63, 3.8) is 0 Å². The van der Waals surface area contributed by atoms with Gasteiger partial charge in [-0.05, 0) is 49.3 Å². The fourth-order valence-electron chi connectivity index (χ4n) is 4.30. The van der Waals surface area contributed by atoms with Crippen molar-refractivity contribution in [3.05, 3.63) is 35.6 Å². The summed E-state index contributed by atoms with van der Waals surface area (Å²) < 4.78 is 18.6. The third-order valence-corrected chi connectivity index (χ3v) is 6.07. The second kappa shape index (κ2) is 7.97. The molecule has 0 N–H and O–H groups in total. The van der Waals surface area contributed by atoms with Crippen molar-refractivity contribution in [2.75, 3.05) is 39.4 Å². The number of likely N-dealkylation sites (tertiary alicyclic amines) is 1. The Labute approximate surface area is 159 Å². The van der Waals surface area contributed by atoms with Crippen LogP contribution in [0.15, 0.2) is 24.3 Å². The minimum absolute atomic E-state index is 0.0114. The molecule has 0 aromatic heterocycles. The molecule has 146 valence electrons. The van der Waals surface area contributed by atoms with Gasteiger partial charge in [-0.3, -0.25) is 9.59 Å². The number of hydrogen-bond donors (Lipinski definition) is 0. The van der Waals surface area contributed by atoms with Gasteiger partial charge in [-0.15, -0.1) is 0 Å². The molecule has 1 saturated carbocycles. The number of hydrogen-bond acceptors (Lipinski definition) is 3. The molecule has 0 bridgehead atoms. The van der Waals surface area contributed by atoms with Crippen molar-refractivity contribution < 1.29 is 18.7 Å². The van der Waals surface area contributed by atoms with E-state index < -0.39 is 0 Å². The molecule has 0 spiro atoms. The van der Waals surface area contributed by atoms with E-state index in [9.17, 15) is 14.0 Å². The Morgan fingerprint density at radius 1 is 0.926 bits per heavy atom. The molecule has 3 fully saturated rings. The summed E-state index contributed by atoms with van der Waals surface area (Å²) >= 11 is 0. The van der Waals surface area contributed by atoms with E-state index >= 15 is 0 Å². The number of carbonyl (C=O) groups is 2. The lowest BCUT2D eigenvalue weighted by molar-refractivity contribution is -0.144. The molecular formula is C21H27FN2O3. The molecule has 6 heteroatoms. The first-order valence-electron chi connectivity index (χ1n) is 10.0. The number of amides is 2. The standard InChI is InChI=1S/C21H27FN2O3/c22-18-5-3-16(4-6-18)19(15-1-2-15)21(26)23-9-7-17(8-10-23)20(25)24-11-13-27-14-12-24/h3-6,15,17,19H,1-2,7-14H2. The summed E-state index contributed by atoms with van der Waals surface area (Å²) in [5.74, 6) is 0.289. The summed E-state index contributed by atoms with van der Waals surface area (Å²) in [5, 5.41) is 0. The maximum absolute atomic E-state index is 13.3. The Kier molecular flexibility index (Phi) is 5.43. The largest absolute Gasteiger partial charge is 0.378 e. The average molecular weight is 374 g/mol. The predicted molar refractivity (Wildman–Crippen MR) is 98.6 cm³/mol. The van der Waals surface area contributed by atoms with Crippen molar-refractivity contribution in [2.24, 2.45) is 11.8 Å². The molecule has 1 atom stereocenters. The lowest BCUT2D eigenvalue weighted by Gasteiger charge is -2.36. The normalized spacial score (nSPS) is 22.6. The Morgan fingerprint density at radius 2 is 1.56 bits per heavy atom. The van der Waals surface area contributed by atoms with E-state index in [4.69, 9.17) is 4.74 Å². The van der Waals surface area contributed by atoms with Crippen LogP contribution in [0.1, 0.15) is 37.2 Å². The molecule has 1 aliphatic carbocycles. The van der Waals surface area contributed by atoms with E-state index in [0.29, 0.717) is 45.3 Å². The highest BCUT2D eigenvalue weighted by Crippen LogP contribution is 2.44. The first-order chi connectivity index (χ1) is 13.1. The SMILES string of the molecule is O=C(C1CCN(C(=O)C(c2ccc(F)cc2)C2CC2)CC1)N1CCOCC1. The zero-order valence-electron chi connectivity index (χ0n) is 15.6. The summed E-state index contributed by atoms with van der Waals surface area (Å²) in [6.45, 7) is 3.83. The summed E-state index contributed by atoms with van der Waals surface area (Å²) in [5.41, 5.74) is 0.912. The van der Waals surface area contributed by atoms with Crippen LogP contribution in [-0.2, 0) is 14.3 Å². The molecule has 1 unspecified atom stereocenters. The molecule has 5 nitrogen and oxygen atoms in total. The van der Waals surface area contributed by atoms with Gasteiger partial charge in [-0.2, -0.15) is 0 Å². The van der Waals surface area contributed by atoms with Crippen LogP contribution >= 0.6 is 0 Å². The number of halogens is 1. The number of benzene rings is 1. The van der Waals surface area contributed by atoms with Crippen LogP contribution in [0.3, 0.4) is 0 Å². The molecule has 2 amide bonds. The van der Waals surface area contributed by atoms with Crippen molar-refractivity contribution in [2.45, 2.75) is 31.6 Å². The van der Waals surface area contributed by atoms with Crippen LogP contribution in [0.4, 0.5) is 4.39 Å². The molecule has 1 aromatic carbocycles. The van der Waals surface area contributed by atoms with Crippen molar-refractivity contribution in [1.29, 1.82) is 0 Å². The zero-order valence-corrected chi connectivity index (χ0v) is 15.6. The first kappa shape index (κ1) is 18.4. The number of ether oxygens (including phenoxy) is 1. The minimum Gasteiger partial charge on any atom is -0.378 e. The number of piperidine rings is 1. The molecule has 3 aliphatic rings. The van der Waals surface area contributed by atoms with Gasteiger partial charge in [0, 0.05) is 32.1 Å². The highest BCUT2D eigenvalue weighted by atomic mass is 19.1. The number of carbonyl (C=O) groups excluding carboxylic acids is 2. The van der Waals surface area contributed by atoms with Gasteiger partial charge in [0.2, 0.25) is 11.8 Å². The van der Waals surface area contributed by atoms with Gasteiger partial charge >= 0.3 is 0 Å². The quantitative estimate of drug-likeness (QED) is 0.813. The number of nitrogens with zero attached hydrogens (tertiary/aromatic N) is 2. The lowest BCUT2D eigenvalue weighted by Crippen LogP contribution is -2.48. The third-order valence-electron chi connectivity index (χ3n) is 6.07. The molecule has 2 saturated heterocycles. The van der Waals surface area contributed by atoms with Crippen molar-refractivity contribution in [3.8, 4) is 0 Å². The molecular weight excluding hydrogens is 347 g/mol. The van der Waals surface area contributed by atoms with Crippen LogP contribution in [0, 0.1) is 17.7 Å². The van der Waals surface area contributed by atoms with E-state index in [1.54, 1.807) is 12.1 Å². The van der Waals surface area contributed by atoms with E-state index in [-0.39, 0.29) is 29.5 Å². The van der Waals surface area contributed by atoms with Gasteiger partial charge in [0.1, 0.15) is 5.82 Å². The fraction of sp³-hybridized carbons (Fsp3) is 0.619. The monoisotopic (exact) mass is 374 g/mol. The average Bonchev–Trinajstić information content (AvgIpc) is 3.55. The van der Waals surface area contributed by atoms with E-state index in [1.807, 2.05) is 9.80 Å². The second-order valence-electron chi connectivity index (χ2n) is 7.90. The highest BCUT2D eigenvalue weighted by molar-refractivity contribution is 5.85. The zero-order chi connectivity index (χ0) is 18.8. The topological polar surface area (TPSA) is 49.9 Å². The molecule has 0 radical (unpaired) electrons. The van der Waals surface area contributed by atoms with Gasteiger partial charge in [0.05, 0.1) is 19.1 Å². The Morgan fingerprint density at radius 3 is 2.15 bits per heavy atom. The van der Waals surface area contributed by atoms with Crippen LogP contribution in [-0.4, -0.2) is 61.0 Å². The maximum atomic E-state index is 13.3. The van der Waals surface area contributed by atoms with Crippen LogP contribution in [0.2, 0.25) is 0 Å². The Hall–Kier alpha value is -1.95. The summed E-state index contributed by atoms with van der Waals surface area (Å²) in [6.07, 6.45) is 3.56. The summed E-state index contributed by atoms with van der Waals surface area (Å²) in [6, 6.07) is 6.35. The maximum Gasteiger partial charge on any atom is 0.230 e. The highest BCUT2D eigenvalue weighted by Gasteiger charge is 2.40. The van der Waals surface area contributed by atoms with Gasteiger partial charge in [0.15, 0.2) is 0 Å². The van der Waals surface area contributed by atoms with Gasteiger partial charge < -0.3 is 14.5 Å². The number of morpholine rings is 1. The fourth-order valence-corrected chi connectivity index (χ4v) is 4.30. The van der Waals surface area contributed by atoms with Gasteiger partial charge in [-0.1, -0.05) is 12.1 Å². The molecule has 1 aromatic rings. The van der Waals surface area contributed by atoms with Crippen molar-refractivity contribution in [1.82, 2.24) is 9.80 Å². The van der Waals surface area contributed by atoms with E-state index in [2.05, 4.69) is 0 Å². The van der Waals surface area contributed by atoms with Crippen molar-refractivity contribution >= 4 is 11.8 Å². The van der Waals surface area contributed by atoms with Crippen LogP contribution < -0.4 is 0 Å².